The smallest absolute Gasteiger partial charge is 0.289 e. The standard InChI is InChI=1S/C20H18N4O4S/c1-13(25)21-20-22-17(12-29-20)19(27)24-23-18(26)15-7-9-16(10-8-15)28-11-14-5-3-2-4-6-14/h2-10,12H,11H2,1H3,(H,23,26)(H,24,27)(H,21,22,25). The minimum absolute atomic E-state index is 0.0868. The van der Waals surface area contributed by atoms with Gasteiger partial charge in [-0.1, -0.05) is 30.3 Å². The Balaban J connectivity index is 1.49. The Morgan fingerprint density at radius 2 is 1.66 bits per heavy atom. The molecule has 0 spiro atoms. The van der Waals surface area contributed by atoms with E-state index in [4.69, 9.17) is 4.74 Å². The molecule has 0 atom stereocenters. The highest BCUT2D eigenvalue weighted by molar-refractivity contribution is 7.14. The Morgan fingerprint density at radius 3 is 2.34 bits per heavy atom. The number of hydrogen-bond donors (Lipinski definition) is 3. The van der Waals surface area contributed by atoms with E-state index in [2.05, 4.69) is 21.2 Å². The molecule has 3 rings (SSSR count). The number of amides is 3. The van der Waals surface area contributed by atoms with Crippen molar-refractivity contribution < 1.29 is 19.1 Å². The van der Waals surface area contributed by atoms with Crippen LogP contribution in [-0.2, 0) is 11.4 Å². The van der Waals surface area contributed by atoms with E-state index in [1.54, 1.807) is 24.3 Å². The van der Waals surface area contributed by atoms with Crippen LogP contribution in [0.15, 0.2) is 60.0 Å². The van der Waals surface area contributed by atoms with Crippen LogP contribution in [-0.4, -0.2) is 22.7 Å². The molecule has 148 valence electrons. The number of nitrogens with zero attached hydrogens (tertiary/aromatic N) is 1. The molecule has 9 heteroatoms. The third kappa shape index (κ3) is 5.88. The van der Waals surface area contributed by atoms with E-state index in [0.29, 0.717) is 23.1 Å². The largest absolute Gasteiger partial charge is 0.489 e. The van der Waals surface area contributed by atoms with Gasteiger partial charge in [-0.3, -0.25) is 25.2 Å². The monoisotopic (exact) mass is 410 g/mol. The summed E-state index contributed by atoms with van der Waals surface area (Å²) in [4.78, 5) is 39.2. The maximum absolute atomic E-state index is 12.2. The van der Waals surface area contributed by atoms with E-state index in [9.17, 15) is 14.4 Å². The molecule has 0 unspecified atom stereocenters. The maximum Gasteiger partial charge on any atom is 0.289 e. The second-order valence-electron chi connectivity index (χ2n) is 5.93. The van der Waals surface area contributed by atoms with Crippen molar-refractivity contribution in [1.82, 2.24) is 15.8 Å². The zero-order chi connectivity index (χ0) is 20.6. The highest BCUT2D eigenvalue weighted by Crippen LogP contribution is 2.16. The Labute approximate surface area is 170 Å². The molecule has 29 heavy (non-hydrogen) atoms. The molecule has 0 saturated heterocycles. The molecule has 3 amide bonds. The van der Waals surface area contributed by atoms with Crippen molar-refractivity contribution in [3.63, 3.8) is 0 Å². The number of rotatable bonds is 6. The topological polar surface area (TPSA) is 109 Å². The lowest BCUT2D eigenvalue weighted by molar-refractivity contribution is -0.114. The van der Waals surface area contributed by atoms with Crippen LogP contribution in [0, 0.1) is 0 Å². The SMILES string of the molecule is CC(=O)Nc1nc(C(=O)NNC(=O)c2ccc(OCc3ccccc3)cc2)cs1. The number of carbonyl (C=O) groups excluding carboxylic acids is 3. The first kappa shape index (κ1) is 20.0. The Kier molecular flexibility index (Phi) is 6.54. The van der Waals surface area contributed by atoms with Gasteiger partial charge in [0.2, 0.25) is 5.91 Å². The van der Waals surface area contributed by atoms with Gasteiger partial charge in [-0.25, -0.2) is 4.98 Å². The fraction of sp³-hybridized carbons (Fsp3) is 0.100. The Morgan fingerprint density at radius 1 is 0.966 bits per heavy atom. The van der Waals surface area contributed by atoms with Crippen molar-refractivity contribution in [3.8, 4) is 5.75 Å². The summed E-state index contributed by atoms with van der Waals surface area (Å²) in [5, 5.41) is 4.27. The molecule has 3 N–H and O–H groups in total. The third-order valence-electron chi connectivity index (χ3n) is 3.67. The van der Waals surface area contributed by atoms with E-state index in [1.165, 1.54) is 12.3 Å². The number of aromatic nitrogens is 1. The molecule has 1 heterocycles. The summed E-state index contributed by atoms with van der Waals surface area (Å²) in [7, 11) is 0. The number of benzene rings is 2. The zero-order valence-electron chi connectivity index (χ0n) is 15.5. The molecule has 0 radical (unpaired) electrons. The molecule has 1 aromatic heterocycles. The first-order valence-corrected chi connectivity index (χ1v) is 9.50. The minimum atomic E-state index is -0.589. The number of anilines is 1. The highest BCUT2D eigenvalue weighted by Gasteiger charge is 2.13. The van der Waals surface area contributed by atoms with Crippen LogP contribution in [0.4, 0.5) is 5.13 Å². The molecule has 0 aliphatic rings. The van der Waals surface area contributed by atoms with Crippen LogP contribution in [0.1, 0.15) is 33.3 Å². The van der Waals surface area contributed by atoms with Gasteiger partial charge in [0, 0.05) is 17.9 Å². The molecule has 8 nitrogen and oxygen atoms in total. The lowest BCUT2D eigenvalue weighted by Gasteiger charge is -2.08. The van der Waals surface area contributed by atoms with Gasteiger partial charge in [0.05, 0.1) is 0 Å². The fourth-order valence-electron chi connectivity index (χ4n) is 2.28. The highest BCUT2D eigenvalue weighted by atomic mass is 32.1. The molecule has 3 aromatic rings. The molecule has 0 fully saturated rings. The summed E-state index contributed by atoms with van der Waals surface area (Å²) in [6.45, 7) is 1.77. The fourth-order valence-corrected chi connectivity index (χ4v) is 3.02. The molecular formula is C20H18N4O4S. The number of carbonyl (C=O) groups is 3. The van der Waals surface area contributed by atoms with Gasteiger partial charge < -0.3 is 10.1 Å². The normalized spacial score (nSPS) is 10.1. The van der Waals surface area contributed by atoms with Crippen LogP contribution in [0.25, 0.3) is 0 Å². The Hall–Kier alpha value is -3.72. The summed E-state index contributed by atoms with van der Waals surface area (Å²) in [5.74, 6) is -0.725. The van der Waals surface area contributed by atoms with Crippen LogP contribution in [0.5, 0.6) is 5.75 Å². The van der Waals surface area contributed by atoms with Gasteiger partial charge in [0.25, 0.3) is 11.8 Å². The van der Waals surface area contributed by atoms with Crippen molar-refractivity contribution in [2.45, 2.75) is 13.5 Å². The average Bonchev–Trinajstić information content (AvgIpc) is 3.19. The molecule has 0 saturated carbocycles. The van der Waals surface area contributed by atoms with E-state index in [-0.39, 0.29) is 11.6 Å². The summed E-state index contributed by atoms with van der Waals surface area (Å²) in [5.41, 5.74) is 6.09. The van der Waals surface area contributed by atoms with Gasteiger partial charge in [-0.05, 0) is 29.8 Å². The number of nitrogens with one attached hydrogen (secondary N) is 3. The summed E-state index contributed by atoms with van der Waals surface area (Å²) >= 11 is 1.11. The number of ether oxygens (including phenoxy) is 1. The van der Waals surface area contributed by atoms with Gasteiger partial charge in [0.15, 0.2) is 5.13 Å². The van der Waals surface area contributed by atoms with Crippen LogP contribution < -0.4 is 20.9 Å². The number of hydrazine groups is 1. The van der Waals surface area contributed by atoms with Crippen LogP contribution in [0.2, 0.25) is 0 Å². The van der Waals surface area contributed by atoms with Gasteiger partial charge >= 0.3 is 0 Å². The number of hydrogen-bond acceptors (Lipinski definition) is 6. The second kappa shape index (κ2) is 9.47. The summed E-state index contributed by atoms with van der Waals surface area (Å²) in [6, 6.07) is 16.3. The number of thiazole rings is 1. The second-order valence-corrected chi connectivity index (χ2v) is 6.78. The summed E-state index contributed by atoms with van der Waals surface area (Å²) in [6.07, 6.45) is 0. The first-order valence-electron chi connectivity index (χ1n) is 8.62. The predicted octanol–water partition coefficient (Wildman–Crippen LogP) is 2.76. The van der Waals surface area contributed by atoms with Gasteiger partial charge in [-0.2, -0.15) is 0 Å². The quantitative estimate of drug-likeness (QED) is 0.542. The lowest BCUT2D eigenvalue weighted by atomic mass is 10.2. The van der Waals surface area contributed by atoms with E-state index < -0.39 is 11.8 Å². The zero-order valence-corrected chi connectivity index (χ0v) is 16.3. The summed E-state index contributed by atoms with van der Waals surface area (Å²) < 4.78 is 5.67. The molecule has 0 bridgehead atoms. The molecular weight excluding hydrogens is 392 g/mol. The Bertz CT molecular complexity index is 1000. The van der Waals surface area contributed by atoms with Crippen molar-refractivity contribution in [2.75, 3.05) is 5.32 Å². The van der Waals surface area contributed by atoms with Crippen molar-refractivity contribution in [2.24, 2.45) is 0 Å². The third-order valence-corrected chi connectivity index (χ3v) is 4.43. The van der Waals surface area contributed by atoms with E-state index in [1.807, 2.05) is 30.3 Å². The van der Waals surface area contributed by atoms with Crippen molar-refractivity contribution in [3.05, 3.63) is 76.8 Å². The van der Waals surface area contributed by atoms with E-state index in [0.717, 1.165) is 16.9 Å². The van der Waals surface area contributed by atoms with Gasteiger partial charge in [0.1, 0.15) is 18.1 Å². The van der Waals surface area contributed by atoms with E-state index >= 15 is 0 Å². The molecule has 0 aliphatic heterocycles. The molecule has 0 aliphatic carbocycles. The van der Waals surface area contributed by atoms with Crippen LogP contribution >= 0.6 is 11.3 Å². The van der Waals surface area contributed by atoms with Crippen LogP contribution in [0.3, 0.4) is 0 Å². The minimum Gasteiger partial charge on any atom is -0.489 e. The van der Waals surface area contributed by atoms with Gasteiger partial charge in [-0.15, -0.1) is 11.3 Å². The van der Waals surface area contributed by atoms with Crippen molar-refractivity contribution in [1.29, 1.82) is 0 Å². The average molecular weight is 410 g/mol. The maximum atomic E-state index is 12.2. The predicted molar refractivity (Wildman–Crippen MR) is 109 cm³/mol. The molecule has 2 aromatic carbocycles. The van der Waals surface area contributed by atoms with Crippen molar-refractivity contribution >= 4 is 34.2 Å². The lowest BCUT2D eigenvalue weighted by Crippen LogP contribution is -2.41. The first-order chi connectivity index (χ1) is 14.0.